The molecule has 0 atom stereocenters. The average Bonchev–Trinajstić information content (AvgIpc) is 2.82. The van der Waals surface area contributed by atoms with Crippen LogP contribution in [0.3, 0.4) is 0 Å². The molecule has 0 saturated heterocycles. The number of nitrogens with zero attached hydrogens (tertiary/aromatic N) is 2. The maximum absolute atomic E-state index is 13.6. The summed E-state index contributed by atoms with van der Waals surface area (Å²) in [5.41, 5.74) is 0.348. The van der Waals surface area contributed by atoms with E-state index in [4.69, 9.17) is 9.47 Å². The monoisotopic (exact) mass is 486 g/mol. The van der Waals surface area contributed by atoms with Gasteiger partial charge in [-0.25, -0.2) is 14.4 Å². The first kappa shape index (κ1) is 23.7. The summed E-state index contributed by atoms with van der Waals surface area (Å²) in [5, 5.41) is 6.01. The molecule has 1 aromatic heterocycles. The lowest BCUT2D eigenvalue weighted by Crippen LogP contribution is -2.20. The predicted molar refractivity (Wildman–Crippen MR) is 121 cm³/mol. The van der Waals surface area contributed by atoms with Crippen LogP contribution in [0.4, 0.5) is 34.8 Å². The summed E-state index contributed by atoms with van der Waals surface area (Å²) in [6.07, 6.45) is -3.13. The largest absolute Gasteiger partial charge is 0.493 e. The average molecular weight is 486 g/mol. The second-order valence-corrected chi connectivity index (χ2v) is 7.29. The summed E-state index contributed by atoms with van der Waals surface area (Å²) >= 11 is 0. The number of nitrogens with one attached hydrogen (secondary N) is 2. The normalized spacial score (nSPS) is 11.2. The standard InChI is InChI=1S/C24H18F4N4O3/c1-34-20-11-19-18(23(30-13-29-19)32-17-4-2-3-15(25)9-17)10-21(20)35-12-22(33)31-16-7-5-14(6-8-16)24(26,27)28/h2-11,13H,12H2,1H3,(H,31,33)(H,29,30,32). The Kier molecular flexibility index (Phi) is 6.67. The van der Waals surface area contributed by atoms with E-state index < -0.39 is 30.1 Å². The molecule has 1 amide bonds. The number of anilines is 3. The van der Waals surface area contributed by atoms with Gasteiger partial charge < -0.3 is 20.1 Å². The molecule has 0 aliphatic rings. The number of aromatic nitrogens is 2. The van der Waals surface area contributed by atoms with Crippen molar-refractivity contribution in [3.63, 3.8) is 0 Å². The van der Waals surface area contributed by atoms with E-state index in [2.05, 4.69) is 20.6 Å². The fourth-order valence-corrected chi connectivity index (χ4v) is 3.22. The van der Waals surface area contributed by atoms with Gasteiger partial charge in [-0.2, -0.15) is 13.2 Å². The molecular formula is C24H18F4N4O3. The lowest BCUT2D eigenvalue weighted by atomic mass is 10.2. The van der Waals surface area contributed by atoms with E-state index in [1.54, 1.807) is 24.3 Å². The molecule has 4 aromatic rings. The van der Waals surface area contributed by atoms with Crippen molar-refractivity contribution in [2.24, 2.45) is 0 Å². The Morgan fingerprint density at radius 1 is 0.971 bits per heavy atom. The van der Waals surface area contributed by atoms with Crippen LogP contribution in [0.25, 0.3) is 10.9 Å². The lowest BCUT2D eigenvalue weighted by molar-refractivity contribution is -0.137. The van der Waals surface area contributed by atoms with Gasteiger partial charge in [-0.1, -0.05) is 6.07 Å². The van der Waals surface area contributed by atoms with E-state index in [0.29, 0.717) is 28.2 Å². The van der Waals surface area contributed by atoms with Crippen LogP contribution < -0.4 is 20.1 Å². The van der Waals surface area contributed by atoms with Crippen LogP contribution in [-0.2, 0) is 11.0 Å². The maximum Gasteiger partial charge on any atom is 0.416 e. The third-order valence-electron chi connectivity index (χ3n) is 4.86. The zero-order valence-electron chi connectivity index (χ0n) is 18.2. The van der Waals surface area contributed by atoms with E-state index in [1.165, 1.54) is 25.6 Å². The second kappa shape index (κ2) is 9.84. The highest BCUT2D eigenvalue weighted by Crippen LogP contribution is 2.35. The van der Waals surface area contributed by atoms with Crippen LogP contribution >= 0.6 is 0 Å². The molecular weight excluding hydrogens is 468 g/mol. The molecule has 2 N–H and O–H groups in total. The van der Waals surface area contributed by atoms with Crippen molar-refractivity contribution in [2.45, 2.75) is 6.18 Å². The Morgan fingerprint density at radius 3 is 2.43 bits per heavy atom. The van der Waals surface area contributed by atoms with Crippen molar-refractivity contribution in [1.29, 1.82) is 0 Å². The Labute approximate surface area is 196 Å². The summed E-state index contributed by atoms with van der Waals surface area (Å²) < 4.78 is 62.6. The Hall–Kier alpha value is -4.41. The second-order valence-electron chi connectivity index (χ2n) is 7.29. The maximum atomic E-state index is 13.6. The van der Waals surface area contributed by atoms with Crippen molar-refractivity contribution < 1.29 is 31.8 Å². The van der Waals surface area contributed by atoms with Crippen molar-refractivity contribution in [3.8, 4) is 11.5 Å². The van der Waals surface area contributed by atoms with Gasteiger partial charge in [0.2, 0.25) is 0 Å². The molecule has 0 aliphatic carbocycles. The molecule has 11 heteroatoms. The number of hydrogen-bond acceptors (Lipinski definition) is 6. The number of amides is 1. The molecule has 0 bridgehead atoms. The van der Waals surface area contributed by atoms with Gasteiger partial charge in [0.15, 0.2) is 18.1 Å². The number of fused-ring (bicyclic) bond motifs is 1. The molecule has 0 unspecified atom stereocenters. The van der Waals surface area contributed by atoms with E-state index in [-0.39, 0.29) is 11.4 Å². The van der Waals surface area contributed by atoms with E-state index in [9.17, 15) is 22.4 Å². The summed E-state index contributed by atoms with van der Waals surface area (Å²) in [5.74, 6) is -0.121. The van der Waals surface area contributed by atoms with E-state index in [1.807, 2.05) is 0 Å². The summed E-state index contributed by atoms with van der Waals surface area (Å²) in [4.78, 5) is 20.7. The number of hydrogen-bond donors (Lipinski definition) is 2. The van der Waals surface area contributed by atoms with Crippen LogP contribution in [-0.4, -0.2) is 29.6 Å². The van der Waals surface area contributed by atoms with Gasteiger partial charge in [0.25, 0.3) is 5.91 Å². The first-order valence-corrected chi connectivity index (χ1v) is 10.2. The molecule has 0 aliphatic heterocycles. The molecule has 0 radical (unpaired) electrons. The van der Waals surface area contributed by atoms with Crippen molar-refractivity contribution in [2.75, 3.05) is 24.4 Å². The fourth-order valence-electron chi connectivity index (χ4n) is 3.22. The number of ether oxygens (including phenoxy) is 2. The van der Waals surface area contributed by atoms with Gasteiger partial charge in [-0.3, -0.25) is 4.79 Å². The number of benzene rings is 3. The van der Waals surface area contributed by atoms with Crippen LogP contribution in [0.15, 0.2) is 67.0 Å². The molecule has 35 heavy (non-hydrogen) atoms. The highest BCUT2D eigenvalue weighted by molar-refractivity contribution is 5.94. The van der Waals surface area contributed by atoms with Crippen LogP contribution in [0.5, 0.6) is 11.5 Å². The van der Waals surface area contributed by atoms with E-state index >= 15 is 0 Å². The molecule has 3 aromatic carbocycles. The topological polar surface area (TPSA) is 85.4 Å². The summed E-state index contributed by atoms with van der Waals surface area (Å²) in [6.45, 7) is -0.441. The minimum atomic E-state index is -4.47. The third kappa shape index (κ3) is 5.75. The number of alkyl halides is 3. The number of carbonyl (C=O) groups is 1. The van der Waals surface area contributed by atoms with Gasteiger partial charge in [0.05, 0.1) is 18.2 Å². The minimum Gasteiger partial charge on any atom is -0.493 e. The predicted octanol–water partition coefficient (Wildman–Crippen LogP) is 5.56. The third-order valence-corrected chi connectivity index (χ3v) is 4.86. The van der Waals surface area contributed by atoms with Gasteiger partial charge in [0.1, 0.15) is 18.0 Å². The highest BCUT2D eigenvalue weighted by Gasteiger charge is 2.30. The quantitative estimate of drug-likeness (QED) is 0.333. The van der Waals surface area contributed by atoms with Crippen molar-refractivity contribution in [1.82, 2.24) is 9.97 Å². The molecule has 4 rings (SSSR count). The Morgan fingerprint density at radius 2 is 1.74 bits per heavy atom. The van der Waals surface area contributed by atoms with Crippen LogP contribution in [0.2, 0.25) is 0 Å². The zero-order chi connectivity index (χ0) is 25.0. The molecule has 7 nitrogen and oxygen atoms in total. The summed E-state index contributed by atoms with van der Waals surface area (Å²) in [6, 6.07) is 13.1. The smallest absolute Gasteiger partial charge is 0.416 e. The number of carbonyl (C=O) groups excluding carboxylic acids is 1. The van der Waals surface area contributed by atoms with Gasteiger partial charge >= 0.3 is 6.18 Å². The minimum absolute atomic E-state index is 0.187. The van der Waals surface area contributed by atoms with Gasteiger partial charge in [0, 0.05) is 22.8 Å². The van der Waals surface area contributed by atoms with Crippen LogP contribution in [0.1, 0.15) is 5.56 Å². The molecule has 1 heterocycles. The highest BCUT2D eigenvalue weighted by atomic mass is 19.4. The molecule has 0 spiro atoms. The number of methoxy groups -OCH3 is 1. The van der Waals surface area contributed by atoms with Crippen molar-refractivity contribution in [3.05, 3.63) is 78.4 Å². The first-order valence-electron chi connectivity index (χ1n) is 10.2. The van der Waals surface area contributed by atoms with Crippen LogP contribution in [0, 0.1) is 5.82 Å². The van der Waals surface area contributed by atoms with Crippen molar-refractivity contribution >= 4 is 34.0 Å². The van der Waals surface area contributed by atoms with E-state index in [0.717, 1.165) is 24.3 Å². The summed E-state index contributed by atoms with van der Waals surface area (Å²) in [7, 11) is 1.42. The molecule has 0 saturated carbocycles. The SMILES string of the molecule is COc1cc2ncnc(Nc3cccc(F)c3)c2cc1OCC(=O)Nc1ccc(C(F)(F)F)cc1. The number of rotatable bonds is 7. The fraction of sp³-hybridized carbons (Fsp3) is 0.125. The lowest BCUT2D eigenvalue weighted by Gasteiger charge is -2.14. The Balaban J connectivity index is 1.51. The number of halogens is 4. The molecule has 0 fully saturated rings. The zero-order valence-corrected chi connectivity index (χ0v) is 18.2. The first-order chi connectivity index (χ1) is 16.7. The van der Waals surface area contributed by atoms with Gasteiger partial charge in [-0.15, -0.1) is 0 Å². The Bertz CT molecular complexity index is 1360. The van der Waals surface area contributed by atoms with Gasteiger partial charge in [-0.05, 0) is 48.5 Å². The molecule has 180 valence electrons.